The fourth-order valence-corrected chi connectivity index (χ4v) is 2.95. The Labute approximate surface area is 138 Å². The number of hydrogen-bond acceptors (Lipinski definition) is 5. The van der Waals surface area contributed by atoms with Gasteiger partial charge in [-0.1, -0.05) is 24.3 Å². The van der Waals surface area contributed by atoms with E-state index in [0.717, 1.165) is 41.9 Å². The van der Waals surface area contributed by atoms with Crippen molar-refractivity contribution in [3.63, 3.8) is 0 Å². The molecule has 0 amide bonds. The number of benzene rings is 1. The van der Waals surface area contributed by atoms with E-state index >= 15 is 0 Å². The topological polar surface area (TPSA) is 82.0 Å². The number of nitrogens with one attached hydrogen (secondary N) is 1. The molecule has 1 aliphatic heterocycles. The minimum atomic E-state index is -0.380. The summed E-state index contributed by atoms with van der Waals surface area (Å²) in [6.07, 6.45) is 1.94. The van der Waals surface area contributed by atoms with Crippen LogP contribution in [0.4, 0.5) is 0 Å². The largest absolute Gasteiger partial charge is 0.464 e. The third kappa shape index (κ3) is 2.56. The molecule has 0 saturated carbocycles. The molecule has 7 nitrogen and oxygen atoms in total. The Kier molecular flexibility index (Phi) is 3.38. The van der Waals surface area contributed by atoms with Gasteiger partial charge in [-0.05, 0) is 12.1 Å². The number of methoxy groups -OCH3 is 1. The second-order valence-corrected chi connectivity index (χ2v) is 6.58. The van der Waals surface area contributed by atoms with Gasteiger partial charge in [0.15, 0.2) is 0 Å². The van der Waals surface area contributed by atoms with Gasteiger partial charge in [-0.25, -0.2) is 4.79 Å². The second kappa shape index (κ2) is 5.45. The van der Waals surface area contributed by atoms with E-state index in [1.807, 2.05) is 29.1 Å². The molecule has 1 aliphatic rings. The van der Waals surface area contributed by atoms with E-state index in [1.54, 1.807) is 6.07 Å². The molecule has 7 heteroatoms. The van der Waals surface area contributed by atoms with Crippen molar-refractivity contribution in [1.29, 1.82) is 0 Å². The Bertz CT molecular complexity index is 908. The molecule has 4 rings (SSSR count). The van der Waals surface area contributed by atoms with Crippen molar-refractivity contribution in [2.45, 2.75) is 13.5 Å². The summed E-state index contributed by atoms with van der Waals surface area (Å²) in [7, 11) is 1.37. The number of carbonyl (C=O) groups excluding carboxylic acids is 1. The minimum Gasteiger partial charge on any atom is -0.464 e. The second-order valence-electron chi connectivity index (χ2n) is 6.58. The third-order valence-corrected chi connectivity index (χ3v) is 4.31. The predicted octanol–water partition coefficient (Wildman–Crippen LogP) is 2.25. The van der Waals surface area contributed by atoms with Gasteiger partial charge in [0, 0.05) is 21.9 Å². The van der Waals surface area contributed by atoms with Gasteiger partial charge in [0.25, 0.3) is 0 Å². The molecular formula is C17H18N4O3. The van der Waals surface area contributed by atoms with Crippen LogP contribution in [0.25, 0.3) is 22.2 Å². The number of carbonyl (C=O) groups is 1. The summed E-state index contributed by atoms with van der Waals surface area (Å²) in [6, 6.07) is 7.66. The van der Waals surface area contributed by atoms with E-state index in [2.05, 4.69) is 22.2 Å². The lowest BCUT2D eigenvalue weighted by molar-refractivity contribution is -0.111. The van der Waals surface area contributed by atoms with Gasteiger partial charge in [0.1, 0.15) is 11.4 Å². The number of fused-ring (bicyclic) bond motifs is 1. The highest BCUT2D eigenvalue weighted by atomic mass is 16.5. The van der Waals surface area contributed by atoms with Crippen LogP contribution in [-0.2, 0) is 16.0 Å². The molecule has 1 saturated heterocycles. The molecule has 1 fully saturated rings. The number of rotatable bonds is 4. The molecule has 0 bridgehead atoms. The SMILES string of the molecule is COC(=O)c1cc2ccc(-c3cn(CC4(C)COC4)nn3)cc2[nH]1. The van der Waals surface area contributed by atoms with E-state index in [4.69, 9.17) is 9.47 Å². The zero-order valence-corrected chi connectivity index (χ0v) is 13.6. The number of H-pyrrole nitrogens is 1. The lowest BCUT2D eigenvalue weighted by atomic mass is 9.89. The highest BCUT2D eigenvalue weighted by Gasteiger charge is 2.34. The summed E-state index contributed by atoms with van der Waals surface area (Å²) >= 11 is 0. The van der Waals surface area contributed by atoms with E-state index in [0.29, 0.717) is 5.69 Å². The van der Waals surface area contributed by atoms with Crippen molar-refractivity contribution in [2.75, 3.05) is 20.3 Å². The number of aromatic nitrogens is 4. The summed E-state index contributed by atoms with van der Waals surface area (Å²) in [5.41, 5.74) is 3.19. The predicted molar refractivity (Wildman–Crippen MR) is 87.6 cm³/mol. The van der Waals surface area contributed by atoms with Gasteiger partial charge in [-0.15, -0.1) is 5.10 Å². The van der Waals surface area contributed by atoms with Crippen molar-refractivity contribution >= 4 is 16.9 Å². The molecule has 24 heavy (non-hydrogen) atoms. The molecule has 1 aromatic carbocycles. The van der Waals surface area contributed by atoms with E-state index in [9.17, 15) is 4.79 Å². The van der Waals surface area contributed by atoms with Crippen LogP contribution >= 0.6 is 0 Å². The fourth-order valence-electron chi connectivity index (χ4n) is 2.95. The number of esters is 1. The van der Waals surface area contributed by atoms with Crippen LogP contribution in [-0.4, -0.2) is 46.3 Å². The minimum absolute atomic E-state index is 0.143. The third-order valence-electron chi connectivity index (χ3n) is 4.31. The van der Waals surface area contributed by atoms with Crippen molar-refractivity contribution in [3.8, 4) is 11.3 Å². The molecular weight excluding hydrogens is 308 g/mol. The van der Waals surface area contributed by atoms with Crippen LogP contribution in [0.2, 0.25) is 0 Å². The lowest BCUT2D eigenvalue weighted by Gasteiger charge is -2.37. The molecule has 0 spiro atoms. The van der Waals surface area contributed by atoms with Crippen molar-refractivity contribution in [2.24, 2.45) is 5.41 Å². The molecule has 3 heterocycles. The summed E-state index contributed by atoms with van der Waals surface area (Å²) < 4.78 is 11.9. The Hall–Kier alpha value is -2.67. The Balaban J connectivity index is 1.61. The molecule has 0 aliphatic carbocycles. The Morgan fingerprint density at radius 1 is 1.42 bits per heavy atom. The van der Waals surface area contributed by atoms with Crippen molar-refractivity contribution < 1.29 is 14.3 Å². The van der Waals surface area contributed by atoms with Gasteiger partial charge >= 0.3 is 5.97 Å². The van der Waals surface area contributed by atoms with Gasteiger partial charge in [0.05, 0.1) is 33.1 Å². The first kappa shape index (κ1) is 14.9. The molecule has 124 valence electrons. The van der Waals surface area contributed by atoms with E-state index in [1.165, 1.54) is 7.11 Å². The fraction of sp³-hybridized carbons (Fsp3) is 0.353. The van der Waals surface area contributed by atoms with Gasteiger partial charge in [-0.2, -0.15) is 0 Å². The lowest BCUT2D eigenvalue weighted by Crippen LogP contribution is -2.43. The van der Waals surface area contributed by atoms with Gasteiger partial charge in [-0.3, -0.25) is 4.68 Å². The van der Waals surface area contributed by atoms with Crippen molar-refractivity contribution in [1.82, 2.24) is 20.0 Å². The molecule has 2 aromatic heterocycles. The van der Waals surface area contributed by atoms with Crippen LogP contribution in [0.5, 0.6) is 0 Å². The van der Waals surface area contributed by atoms with E-state index in [-0.39, 0.29) is 11.4 Å². The van der Waals surface area contributed by atoms with Crippen LogP contribution in [0.3, 0.4) is 0 Å². The van der Waals surface area contributed by atoms with Gasteiger partial charge < -0.3 is 14.5 Å². The highest BCUT2D eigenvalue weighted by Crippen LogP contribution is 2.29. The first-order valence-corrected chi connectivity index (χ1v) is 7.76. The maximum Gasteiger partial charge on any atom is 0.354 e. The zero-order valence-electron chi connectivity index (χ0n) is 13.6. The van der Waals surface area contributed by atoms with E-state index < -0.39 is 0 Å². The average Bonchev–Trinajstić information content (AvgIpc) is 3.18. The number of nitrogens with zero attached hydrogens (tertiary/aromatic N) is 3. The quantitative estimate of drug-likeness (QED) is 0.744. The first-order valence-electron chi connectivity index (χ1n) is 7.76. The zero-order chi connectivity index (χ0) is 16.7. The monoisotopic (exact) mass is 326 g/mol. The molecule has 0 unspecified atom stereocenters. The Morgan fingerprint density at radius 2 is 2.25 bits per heavy atom. The maximum atomic E-state index is 11.6. The highest BCUT2D eigenvalue weighted by molar-refractivity contribution is 5.95. The number of hydrogen-bond donors (Lipinski definition) is 1. The summed E-state index contributed by atoms with van der Waals surface area (Å²) in [5.74, 6) is -0.380. The molecule has 0 radical (unpaired) electrons. The van der Waals surface area contributed by atoms with Crippen molar-refractivity contribution in [3.05, 3.63) is 36.2 Å². The van der Waals surface area contributed by atoms with Crippen LogP contribution in [0, 0.1) is 5.41 Å². The summed E-state index contributed by atoms with van der Waals surface area (Å²) in [6.45, 7) is 4.48. The molecule has 1 N–H and O–H groups in total. The number of aromatic amines is 1. The van der Waals surface area contributed by atoms with Crippen LogP contribution in [0.1, 0.15) is 17.4 Å². The van der Waals surface area contributed by atoms with Gasteiger partial charge in [0.2, 0.25) is 0 Å². The smallest absolute Gasteiger partial charge is 0.354 e. The standard InChI is InChI=1S/C17H18N4O3/c1-17(9-24-10-17)8-21-7-15(19-20-21)12-4-3-11-6-14(16(22)23-2)18-13(11)5-12/h3-7,18H,8-10H2,1-2H3. The maximum absolute atomic E-state index is 11.6. The number of ether oxygens (including phenoxy) is 2. The summed E-state index contributed by atoms with van der Waals surface area (Å²) in [4.78, 5) is 14.7. The molecule has 0 atom stereocenters. The van der Waals surface area contributed by atoms with Crippen LogP contribution < -0.4 is 0 Å². The first-order chi connectivity index (χ1) is 11.6. The summed E-state index contributed by atoms with van der Waals surface area (Å²) in [5, 5.41) is 9.42. The Morgan fingerprint density at radius 3 is 2.96 bits per heavy atom. The van der Waals surface area contributed by atoms with Crippen LogP contribution in [0.15, 0.2) is 30.5 Å². The average molecular weight is 326 g/mol. The normalized spacial score (nSPS) is 16.1. The molecule has 3 aromatic rings.